The van der Waals surface area contributed by atoms with Crippen LogP contribution in [0.1, 0.15) is 49.0 Å². The van der Waals surface area contributed by atoms with Crippen molar-refractivity contribution in [2.45, 2.75) is 50.3 Å². The number of fused-ring (bicyclic) bond motifs is 1. The van der Waals surface area contributed by atoms with E-state index in [0.717, 1.165) is 34.3 Å². The van der Waals surface area contributed by atoms with E-state index in [-0.39, 0.29) is 5.41 Å². The van der Waals surface area contributed by atoms with Gasteiger partial charge in [0, 0.05) is 23.3 Å². The Morgan fingerprint density at radius 2 is 2.13 bits per heavy atom. The number of hydrogen-bond donors (Lipinski definition) is 0. The van der Waals surface area contributed by atoms with Gasteiger partial charge in [-0.15, -0.1) is 11.3 Å². The van der Waals surface area contributed by atoms with Crippen molar-refractivity contribution < 1.29 is 4.42 Å². The molecule has 0 radical (unpaired) electrons. The molecule has 5 nitrogen and oxygen atoms in total. The van der Waals surface area contributed by atoms with Crippen molar-refractivity contribution in [1.29, 1.82) is 5.26 Å². The number of halogens is 1. The summed E-state index contributed by atoms with van der Waals surface area (Å²) >= 11 is 6.50. The van der Waals surface area contributed by atoms with Crippen molar-refractivity contribution in [3.8, 4) is 6.07 Å². The van der Waals surface area contributed by atoms with Crippen molar-refractivity contribution in [3.05, 3.63) is 50.8 Å². The Morgan fingerprint density at radius 1 is 1.37 bits per heavy atom. The van der Waals surface area contributed by atoms with Gasteiger partial charge in [-0.3, -0.25) is 0 Å². The van der Waals surface area contributed by atoms with Gasteiger partial charge < -0.3 is 4.42 Å². The number of nitriles is 1. The molecule has 1 atom stereocenters. The number of aromatic nitrogens is 2. The zero-order chi connectivity index (χ0) is 21.3. The fraction of sp³-hybridized carbons (Fsp3) is 0.364. The van der Waals surface area contributed by atoms with Gasteiger partial charge in [-0.05, 0) is 69.9 Å². The predicted molar refractivity (Wildman–Crippen MR) is 124 cm³/mol. The van der Waals surface area contributed by atoms with Gasteiger partial charge in [0.15, 0.2) is 10.2 Å². The van der Waals surface area contributed by atoms with Crippen LogP contribution in [-0.2, 0) is 12.8 Å². The van der Waals surface area contributed by atoms with Crippen molar-refractivity contribution in [2.24, 2.45) is 16.3 Å². The van der Waals surface area contributed by atoms with Crippen LogP contribution in [0.4, 0.5) is 5.00 Å². The van der Waals surface area contributed by atoms with Crippen LogP contribution in [0.2, 0.25) is 0 Å². The minimum Gasteiger partial charge on any atom is -0.447 e. The topological polar surface area (TPSA) is 75.1 Å². The van der Waals surface area contributed by atoms with Gasteiger partial charge >= 0.3 is 0 Å². The molecule has 1 aliphatic carbocycles. The Kier molecular flexibility index (Phi) is 6.14. The SMILES string of the molecule is CC(C)(C)[C@H]1CCc2c(sc(N=Cc3cc(Br)c(Sc4ncccn4)o3)c2C#N)C1. The molecular formula is C22H21BrN4OS2. The summed E-state index contributed by atoms with van der Waals surface area (Å²) in [5.74, 6) is 1.25. The molecule has 3 aromatic heterocycles. The Bertz CT molecular complexity index is 1120. The first-order valence-corrected chi connectivity index (χ1v) is 12.1. The lowest BCUT2D eigenvalue weighted by molar-refractivity contribution is 0.218. The molecular weight excluding hydrogens is 480 g/mol. The fourth-order valence-corrected chi connectivity index (χ4v) is 6.02. The fourth-order valence-electron chi connectivity index (χ4n) is 3.56. The molecule has 0 aliphatic heterocycles. The lowest BCUT2D eigenvalue weighted by Crippen LogP contribution is -2.26. The molecule has 30 heavy (non-hydrogen) atoms. The molecule has 0 fully saturated rings. The summed E-state index contributed by atoms with van der Waals surface area (Å²) < 4.78 is 6.71. The summed E-state index contributed by atoms with van der Waals surface area (Å²) in [7, 11) is 0. The minimum atomic E-state index is 0.273. The Labute approximate surface area is 192 Å². The third-order valence-corrected chi connectivity index (χ3v) is 8.19. The zero-order valence-corrected chi connectivity index (χ0v) is 20.2. The van der Waals surface area contributed by atoms with Gasteiger partial charge in [0.25, 0.3) is 0 Å². The molecule has 0 spiro atoms. The molecule has 0 N–H and O–H groups in total. The molecule has 0 unspecified atom stereocenters. The van der Waals surface area contributed by atoms with E-state index in [9.17, 15) is 5.26 Å². The maximum Gasteiger partial charge on any atom is 0.195 e. The molecule has 3 heterocycles. The van der Waals surface area contributed by atoms with Crippen LogP contribution >= 0.6 is 39.0 Å². The van der Waals surface area contributed by atoms with E-state index in [2.05, 4.69) is 57.7 Å². The molecule has 3 aromatic rings. The first-order valence-electron chi connectivity index (χ1n) is 9.68. The third-order valence-electron chi connectivity index (χ3n) is 5.29. The molecule has 0 aromatic carbocycles. The highest BCUT2D eigenvalue weighted by atomic mass is 79.9. The molecule has 0 saturated heterocycles. The van der Waals surface area contributed by atoms with E-state index in [1.807, 2.05) is 6.07 Å². The van der Waals surface area contributed by atoms with Gasteiger partial charge in [0.2, 0.25) is 0 Å². The van der Waals surface area contributed by atoms with E-state index >= 15 is 0 Å². The number of aliphatic imine (C=N–C) groups is 1. The van der Waals surface area contributed by atoms with Crippen LogP contribution in [-0.4, -0.2) is 16.2 Å². The highest BCUT2D eigenvalue weighted by molar-refractivity contribution is 9.10. The third kappa shape index (κ3) is 4.53. The second-order valence-corrected chi connectivity index (χ2v) is 11.2. The maximum atomic E-state index is 9.73. The second-order valence-electron chi connectivity index (χ2n) is 8.28. The van der Waals surface area contributed by atoms with Gasteiger partial charge in [-0.1, -0.05) is 20.8 Å². The summed E-state index contributed by atoms with van der Waals surface area (Å²) in [5, 5.41) is 11.8. The Balaban J connectivity index is 1.56. The molecule has 0 bridgehead atoms. The van der Waals surface area contributed by atoms with Gasteiger partial charge in [-0.2, -0.15) is 5.26 Å². The molecule has 8 heteroatoms. The normalized spacial score (nSPS) is 16.6. The quantitative estimate of drug-likeness (QED) is 0.290. The van der Waals surface area contributed by atoms with E-state index in [0.29, 0.717) is 21.9 Å². The van der Waals surface area contributed by atoms with E-state index in [1.165, 1.54) is 22.2 Å². The molecule has 4 rings (SSSR count). The molecule has 154 valence electrons. The van der Waals surface area contributed by atoms with Gasteiger partial charge in [-0.25, -0.2) is 15.0 Å². The summed E-state index contributed by atoms with van der Waals surface area (Å²) in [4.78, 5) is 14.3. The summed E-state index contributed by atoms with van der Waals surface area (Å²) in [5.41, 5.74) is 2.18. The monoisotopic (exact) mass is 500 g/mol. The standard InChI is InChI=1S/C22H21BrN4OS2/c1-22(2,3)13-5-6-15-16(11-24)19(29-18(15)9-13)27-12-14-10-17(23)20(28-14)30-21-25-7-4-8-26-21/h4,7-8,10,12-13H,5-6,9H2,1-3H3/t13-/m0/s1. The zero-order valence-electron chi connectivity index (χ0n) is 17.0. The summed E-state index contributed by atoms with van der Waals surface area (Å²) in [6.07, 6.45) is 8.17. The van der Waals surface area contributed by atoms with Crippen LogP contribution in [0.25, 0.3) is 0 Å². The molecule has 0 amide bonds. The molecule has 0 saturated carbocycles. The number of furan rings is 1. The van der Waals surface area contributed by atoms with Crippen LogP contribution in [0.3, 0.4) is 0 Å². The lowest BCUT2D eigenvalue weighted by atomic mass is 9.72. The van der Waals surface area contributed by atoms with Crippen molar-refractivity contribution in [2.75, 3.05) is 0 Å². The van der Waals surface area contributed by atoms with Crippen LogP contribution in [0, 0.1) is 22.7 Å². The molecule has 1 aliphatic rings. The van der Waals surface area contributed by atoms with Crippen molar-refractivity contribution in [3.63, 3.8) is 0 Å². The first kappa shape index (κ1) is 21.3. The minimum absolute atomic E-state index is 0.273. The van der Waals surface area contributed by atoms with Crippen LogP contribution < -0.4 is 0 Å². The Hall–Kier alpha value is -1.95. The maximum absolute atomic E-state index is 9.73. The number of rotatable bonds is 4. The number of hydrogen-bond acceptors (Lipinski definition) is 7. The lowest BCUT2D eigenvalue weighted by Gasteiger charge is -2.33. The van der Waals surface area contributed by atoms with Gasteiger partial charge in [0.1, 0.15) is 16.8 Å². The second kappa shape index (κ2) is 8.66. The summed E-state index contributed by atoms with van der Waals surface area (Å²) in [6.45, 7) is 6.89. The van der Waals surface area contributed by atoms with Crippen molar-refractivity contribution >= 4 is 50.2 Å². The number of nitrogens with zero attached hydrogens (tertiary/aromatic N) is 4. The number of thiophene rings is 1. The van der Waals surface area contributed by atoms with E-state index < -0.39 is 0 Å². The van der Waals surface area contributed by atoms with Crippen molar-refractivity contribution in [1.82, 2.24) is 9.97 Å². The highest BCUT2D eigenvalue weighted by Gasteiger charge is 2.32. The van der Waals surface area contributed by atoms with Gasteiger partial charge in [0.05, 0.1) is 16.3 Å². The van der Waals surface area contributed by atoms with E-state index in [4.69, 9.17) is 4.42 Å². The van der Waals surface area contributed by atoms with Crippen LogP contribution in [0.5, 0.6) is 0 Å². The first-order chi connectivity index (χ1) is 14.3. The van der Waals surface area contributed by atoms with Crippen LogP contribution in [0.15, 0.2) is 48.7 Å². The largest absolute Gasteiger partial charge is 0.447 e. The summed E-state index contributed by atoms with van der Waals surface area (Å²) in [6, 6.07) is 6.02. The smallest absolute Gasteiger partial charge is 0.195 e. The highest BCUT2D eigenvalue weighted by Crippen LogP contribution is 2.45. The Morgan fingerprint density at radius 3 is 2.83 bits per heavy atom. The van der Waals surface area contributed by atoms with E-state index in [1.54, 1.807) is 36.0 Å². The average Bonchev–Trinajstić information content (AvgIpc) is 3.25. The predicted octanol–water partition coefficient (Wildman–Crippen LogP) is 6.82. The average molecular weight is 501 g/mol.